The quantitative estimate of drug-likeness (QED) is 0.0514. The van der Waals surface area contributed by atoms with E-state index < -0.39 is 17.7 Å². The highest BCUT2D eigenvalue weighted by Gasteiger charge is 2.48. The summed E-state index contributed by atoms with van der Waals surface area (Å²) < 4.78 is 25.0. The van der Waals surface area contributed by atoms with Gasteiger partial charge in [-0.2, -0.15) is 0 Å². The summed E-state index contributed by atoms with van der Waals surface area (Å²) in [6.07, 6.45) is 1.61. The summed E-state index contributed by atoms with van der Waals surface area (Å²) in [7, 11) is 0. The van der Waals surface area contributed by atoms with Crippen molar-refractivity contribution < 1.29 is 28.6 Å². The lowest BCUT2D eigenvalue weighted by Gasteiger charge is -2.23. The summed E-state index contributed by atoms with van der Waals surface area (Å²) in [6.45, 7) is 6.28. The van der Waals surface area contributed by atoms with Gasteiger partial charge >= 0.3 is 5.91 Å². The van der Waals surface area contributed by atoms with Crippen molar-refractivity contribution in [3.8, 4) is 11.5 Å². The van der Waals surface area contributed by atoms with E-state index in [1.54, 1.807) is 66.7 Å². The Kier molecular flexibility index (Phi) is 8.99. The van der Waals surface area contributed by atoms with E-state index >= 15 is 0 Å². The summed E-state index contributed by atoms with van der Waals surface area (Å²) in [5.41, 5.74) is 1.71. The number of aromatic nitrogens is 2. The normalized spacial score (nSPS) is 16.0. The molecule has 0 radical (unpaired) electrons. The molecule has 1 N–H and O–H groups in total. The molecule has 5 rings (SSSR count). The van der Waals surface area contributed by atoms with Crippen molar-refractivity contribution in [2.24, 2.45) is 0 Å². The second-order valence-electron chi connectivity index (χ2n) is 9.06. The van der Waals surface area contributed by atoms with Gasteiger partial charge in [-0.05, 0) is 66.6 Å². The first-order valence-electron chi connectivity index (χ1n) is 13.0. The van der Waals surface area contributed by atoms with Crippen molar-refractivity contribution in [3.05, 3.63) is 114 Å². The number of nitrogens with zero attached hydrogens (tertiary/aromatic N) is 3. The van der Waals surface area contributed by atoms with Crippen LogP contribution in [0.1, 0.15) is 29.7 Å². The van der Waals surface area contributed by atoms with E-state index in [0.717, 1.165) is 16.9 Å². The predicted octanol–water partition coefficient (Wildman–Crippen LogP) is 6.56. The Bertz CT molecular complexity index is 1640. The maximum Gasteiger partial charge on any atom is 0.301 e. The first kappa shape index (κ1) is 29.0. The summed E-state index contributed by atoms with van der Waals surface area (Å²) in [5.74, 6) is -0.698. The van der Waals surface area contributed by atoms with Crippen LogP contribution in [-0.2, 0) is 15.3 Å². The topological polar surface area (TPSA) is 102 Å². The number of ketones is 1. The van der Waals surface area contributed by atoms with Gasteiger partial charge in [0.15, 0.2) is 4.34 Å². The molecule has 1 unspecified atom stereocenters. The molecule has 3 aromatic carbocycles. The average Bonchev–Trinajstić information content (AvgIpc) is 3.58. The van der Waals surface area contributed by atoms with Gasteiger partial charge in [0.05, 0.1) is 18.2 Å². The van der Waals surface area contributed by atoms with E-state index in [2.05, 4.69) is 16.8 Å². The van der Waals surface area contributed by atoms with Crippen LogP contribution in [0.5, 0.6) is 11.5 Å². The minimum absolute atomic E-state index is 0.0826. The van der Waals surface area contributed by atoms with E-state index in [9.17, 15) is 19.1 Å². The lowest BCUT2D eigenvalue weighted by molar-refractivity contribution is -0.132. The highest BCUT2D eigenvalue weighted by molar-refractivity contribution is 8.00. The number of aliphatic hydroxyl groups excluding tert-OH is 1. The number of hydrogen-bond donors (Lipinski definition) is 1. The molecule has 4 aromatic rings. The Morgan fingerprint density at radius 1 is 1.07 bits per heavy atom. The number of benzene rings is 3. The Morgan fingerprint density at radius 2 is 1.83 bits per heavy atom. The van der Waals surface area contributed by atoms with Crippen molar-refractivity contribution in [1.29, 1.82) is 0 Å². The van der Waals surface area contributed by atoms with E-state index in [0.29, 0.717) is 39.3 Å². The van der Waals surface area contributed by atoms with E-state index in [1.807, 2.05) is 6.92 Å². The number of amides is 1. The van der Waals surface area contributed by atoms with Gasteiger partial charge in [0.1, 0.15) is 29.7 Å². The van der Waals surface area contributed by atoms with Crippen LogP contribution in [0, 0.1) is 5.82 Å². The SMILES string of the molecule is C=CCOc1cccc(C2C(=C(O)c3ccc(OCC)cc3)C(=O)C(=O)N2c2nnc(SCc3ccc(F)cc3)s2)c1. The van der Waals surface area contributed by atoms with Gasteiger partial charge in [-0.3, -0.25) is 14.5 Å². The zero-order chi connectivity index (χ0) is 29.6. The molecule has 1 saturated heterocycles. The van der Waals surface area contributed by atoms with Gasteiger partial charge in [-0.15, -0.1) is 10.2 Å². The molecular weight excluding hydrogens is 577 g/mol. The van der Waals surface area contributed by atoms with Crippen LogP contribution in [-0.4, -0.2) is 40.2 Å². The van der Waals surface area contributed by atoms with Gasteiger partial charge in [0.25, 0.3) is 5.78 Å². The maximum atomic E-state index is 13.5. The molecule has 1 atom stereocenters. The number of hydrogen-bond acceptors (Lipinski definition) is 9. The molecule has 11 heteroatoms. The number of ether oxygens (including phenoxy) is 2. The van der Waals surface area contributed by atoms with Crippen molar-refractivity contribution in [2.45, 2.75) is 23.1 Å². The molecule has 2 heterocycles. The smallest absolute Gasteiger partial charge is 0.301 e. The number of anilines is 1. The van der Waals surface area contributed by atoms with Crippen LogP contribution in [0.15, 0.2) is 95.4 Å². The van der Waals surface area contributed by atoms with Crippen molar-refractivity contribution in [3.63, 3.8) is 0 Å². The molecular formula is C31H26FN3O5S2. The van der Waals surface area contributed by atoms with Gasteiger partial charge in [-0.1, -0.05) is 60.0 Å². The second-order valence-corrected chi connectivity index (χ2v) is 11.2. The molecule has 42 heavy (non-hydrogen) atoms. The second kappa shape index (κ2) is 13.0. The number of carbonyl (C=O) groups is 2. The Labute approximate surface area is 250 Å². The van der Waals surface area contributed by atoms with Crippen LogP contribution in [0.4, 0.5) is 9.52 Å². The third-order valence-electron chi connectivity index (χ3n) is 6.30. The van der Waals surface area contributed by atoms with Gasteiger partial charge in [0, 0.05) is 11.3 Å². The van der Waals surface area contributed by atoms with Crippen molar-refractivity contribution in [1.82, 2.24) is 10.2 Å². The molecule has 0 bridgehead atoms. The molecule has 1 amide bonds. The first-order chi connectivity index (χ1) is 20.4. The fraction of sp³-hybridized carbons (Fsp3) is 0.161. The third kappa shape index (κ3) is 6.22. The Hall–Kier alpha value is -4.48. The standard InChI is InChI=1S/C31H26FN3O5S2/c1-3-16-40-24-7-5-6-21(17-24)26-25(27(36)20-10-14-23(15-11-20)39-4-2)28(37)29(38)35(26)30-33-34-31(42-30)41-18-19-8-12-22(32)13-9-19/h3,5-15,17,26,36H,1,4,16,18H2,2H3. The monoisotopic (exact) mass is 603 g/mol. The van der Waals surface area contributed by atoms with Crippen LogP contribution in [0.25, 0.3) is 5.76 Å². The van der Waals surface area contributed by atoms with Crippen LogP contribution < -0.4 is 14.4 Å². The average molecular weight is 604 g/mol. The number of halogens is 1. The number of aliphatic hydroxyl groups is 1. The lowest BCUT2D eigenvalue weighted by Crippen LogP contribution is -2.29. The van der Waals surface area contributed by atoms with Gasteiger partial charge in [-0.25, -0.2) is 4.39 Å². The van der Waals surface area contributed by atoms with E-state index in [4.69, 9.17) is 9.47 Å². The molecule has 1 aromatic heterocycles. The predicted molar refractivity (Wildman–Crippen MR) is 160 cm³/mol. The van der Waals surface area contributed by atoms with E-state index in [1.165, 1.54) is 28.8 Å². The third-order valence-corrected chi connectivity index (χ3v) is 8.43. The maximum absolute atomic E-state index is 13.5. The van der Waals surface area contributed by atoms with Crippen molar-refractivity contribution >= 4 is 45.7 Å². The Morgan fingerprint density at radius 3 is 2.55 bits per heavy atom. The summed E-state index contributed by atoms with van der Waals surface area (Å²) in [4.78, 5) is 28.3. The number of carbonyl (C=O) groups excluding carboxylic acids is 2. The van der Waals surface area contributed by atoms with E-state index in [-0.39, 0.29) is 28.9 Å². The molecule has 8 nitrogen and oxygen atoms in total. The molecule has 0 saturated carbocycles. The number of rotatable bonds is 11. The summed E-state index contributed by atoms with van der Waals surface area (Å²) in [6, 6.07) is 18.7. The van der Waals surface area contributed by atoms with Gasteiger partial charge < -0.3 is 14.6 Å². The molecule has 1 aliphatic rings. The highest BCUT2D eigenvalue weighted by Crippen LogP contribution is 2.44. The van der Waals surface area contributed by atoms with Crippen LogP contribution in [0.3, 0.4) is 0 Å². The fourth-order valence-corrected chi connectivity index (χ4v) is 6.21. The summed E-state index contributed by atoms with van der Waals surface area (Å²) in [5, 5.41) is 20.1. The summed E-state index contributed by atoms with van der Waals surface area (Å²) >= 11 is 2.52. The Balaban J connectivity index is 1.53. The lowest BCUT2D eigenvalue weighted by atomic mass is 9.95. The molecule has 214 valence electrons. The number of Topliss-reactive ketones (excluding diaryl/α,β-unsaturated/α-hetero) is 1. The molecule has 0 aliphatic carbocycles. The van der Waals surface area contributed by atoms with Crippen molar-refractivity contribution in [2.75, 3.05) is 18.1 Å². The first-order valence-corrected chi connectivity index (χ1v) is 14.8. The fourth-order valence-electron chi connectivity index (χ4n) is 4.39. The van der Waals surface area contributed by atoms with Crippen LogP contribution >= 0.6 is 23.1 Å². The minimum Gasteiger partial charge on any atom is -0.507 e. The van der Waals surface area contributed by atoms with Crippen LogP contribution in [0.2, 0.25) is 0 Å². The minimum atomic E-state index is -0.994. The van der Waals surface area contributed by atoms with Gasteiger partial charge in [0.2, 0.25) is 5.13 Å². The molecule has 1 aliphatic heterocycles. The zero-order valence-corrected chi connectivity index (χ0v) is 24.2. The molecule has 1 fully saturated rings. The molecule has 0 spiro atoms. The number of thioether (sulfide) groups is 1. The highest BCUT2D eigenvalue weighted by atomic mass is 32.2. The largest absolute Gasteiger partial charge is 0.507 e. The zero-order valence-electron chi connectivity index (χ0n) is 22.5.